The Kier molecular flexibility index (Phi) is 6.04. The van der Waals surface area contributed by atoms with Crippen molar-refractivity contribution in [2.75, 3.05) is 5.32 Å². The third-order valence-electron chi connectivity index (χ3n) is 5.33. The fourth-order valence-corrected chi connectivity index (χ4v) is 3.59. The Morgan fingerprint density at radius 3 is 2.72 bits per heavy atom. The van der Waals surface area contributed by atoms with E-state index in [0.29, 0.717) is 17.2 Å². The fourth-order valence-electron chi connectivity index (χ4n) is 3.59. The maximum absolute atomic E-state index is 12.9. The van der Waals surface area contributed by atoms with Gasteiger partial charge in [0.2, 0.25) is 0 Å². The molecule has 0 saturated carbocycles. The summed E-state index contributed by atoms with van der Waals surface area (Å²) < 4.78 is 1.70. The number of aromatic nitrogens is 3. The number of fused-ring (bicyclic) bond motifs is 1. The van der Waals surface area contributed by atoms with Crippen LogP contribution in [0.25, 0.3) is 5.65 Å². The van der Waals surface area contributed by atoms with Gasteiger partial charge in [-0.15, -0.1) is 0 Å². The quantitative estimate of drug-likeness (QED) is 0.444. The van der Waals surface area contributed by atoms with Crippen molar-refractivity contribution in [3.8, 4) is 11.8 Å². The molecule has 0 aliphatic carbocycles. The zero-order chi connectivity index (χ0) is 22.7. The van der Waals surface area contributed by atoms with E-state index in [1.54, 1.807) is 16.9 Å². The number of benzene rings is 2. The van der Waals surface area contributed by atoms with Crippen LogP contribution in [0.3, 0.4) is 0 Å². The average molecular weight is 425 g/mol. The zero-order valence-electron chi connectivity index (χ0n) is 18.8. The minimum Gasteiger partial charge on any atom is -0.322 e. The average Bonchev–Trinajstić information content (AvgIpc) is 3.18. The number of carbonyl (C=O) groups is 1. The number of hydrogen-bond acceptors (Lipinski definition) is 3. The summed E-state index contributed by atoms with van der Waals surface area (Å²) in [4.78, 5) is 17.2. The molecule has 2 heterocycles. The van der Waals surface area contributed by atoms with Gasteiger partial charge in [0.15, 0.2) is 5.65 Å². The fraction of sp³-hybridized carbons (Fsp3) is 0.222. The van der Waals surface area contributed by atoms with Gasteiger partial charge in [-0.25, -0.2) is 9.50 Å². The van der Waals surface area contributed by atoms with Gasteiger partial charge in [0.25, 0.3) is 5.91 Å². The van der Waals surface area contributed by atoms with Crippen LogP contribution in [0.15, 0.2) is 60.9 Å². The molecule has 1 amide bonds. The highest BCUT2D eigenvalue weighted by atomic mass is 16.1. The Balaban J connectivity index is 0.00000306. The van der Waals surface area contributed by atoms with Crippen molar-refractivity contribution >= 4 is 17.2 Å². The van der Waals surface area contributed by atoms with Crippen molar-refractivity contribution in [2.24, 2.45) is 5.92 Å². The molecule has 0 spiro atoms. The monoisotopic (exact) mass is 424 g/mol. The van der Waals surface area contributed by atoms with Gasteiger partial charge in [-0.2, -0.15) is 5.10 Å². The van der Waals surface area contributed by atoms with Crippen LogP contribution in [-0.4, -0.2) is 20.5 Å². The van der Waals surface area contributed by atoms with Gasteiger partial charge >= 0.3 is 0 Å². The molecule has 0 aliphatic heterocycles. The largest absolute Gasteiger partial charge is 0.322 e. The third kappa shape index (κ3) is 4.70. The molecule has 32 heavy (non-hydrogen) atoms. The SMILES string of the molecule is Cc1ccc(C(=O)Nc2ccc(CC(C)C)c(C)c2)cc1C#Cc1cnc2cccnn12.[HH]. The number of aryl methyl sites for hydroxylation is 2. The van der Waals surface area contributed by atoms with Crippen molar-refractivity contribution < 1.29 is 6.22 Å². The molecule has 0 unspecified atom stereocenters. The highest BCUT2D eigenvalue weighted by Crippen LogP contribution is 2.19. The lowest BCUT2D eigenvalue weighted by atomic mass is 9.98. The van der Waals surface area contributed by atoms with E-state index in [9.17, 15) is 4.79 Å². The second-order valence-electron chi connectivity index (χ2n) is 8.41. The first-order chi connectivity index (χ1) is 15.4. The number of imidazole rings is 1. The zero-order valence-corrected chi connectivity index (χ0v) is 18.8. The van der Waals surface area contributed by atoms with Crippen LogP contribution in [0.4, 0.5) is 5.69 Å². The van der Waals surface area contributed by atoms with E-state index < -0.39 is 0 Å². The van der Waals surface area contributed by atoms with Crippen LogP contribution in [0.5, 0.6) is 0 Å². The van der Waals surface area contributed by atoms with E-state index in [1.165, 1.54) is 11.1 Å². The lowest BCUT2D eigenvalue weighted by Gasteiger charge is -2.12. The van der Waals surface area contributed by atoms with Crippen LogP contribution in [0, 0.1) is 31.6 Å². The van der Waals surface area contributed by atoms with E-state index in [4.69, 9.17) is 0 Å². The van der Waals surface area contributed by atoms with Crippen molar-refractivity contribution in [1.82, 2.24) is 14.6 Å². The first-order valence-electron chi connectivity index (χ1n) is 10.7. The van der Waals surface area contributed by atoms with E-state index in [-0.39, 0.29) is 7.33 Å². The number of rotatable bonds is 4. The molecule has 0 saturated heterocycles. The Hall–Kier alpha value is -3.91. The summed E-state index contributed by atoms with van der Waals surface area (Å²) in [6.45, 7) is 8.48. The lowest BCUT2D eigenvalue weighted by Crippen LogP contribution is -2.12. The number of hydrogen-bond donors (Lipinski definition) is 1. The van der Waals surface area contributed by atoms with Crippen molar-refractivity contribution in [3.63, 3.8) is 0 Å². The predicted molar refractivity (Wildman–Crippen MR) is 130 cm³/mol. The molecule has 1 N–H and O–H groups in total. The Morgan fingerprint density at radius 2 is 1.94 bits per heavy atom. The lowest BCUT2D eigenvalue weighted by molar-refractivity contribution is 0.102. The molecule has 5 heteroatoms. The molecule has 4 rings (SSSR count). The second kappa shape index (κ2) is 9.07. The number of amides is 1. The van der Waals surface area contributed by atoms with Crippen molar-refractivity contribution in [2.45, 2.75) is 34.1 Å². The number of nitrogens with zero attached hydrogens (tertiary/aromatic N) is 3. The normalized spacial score (nSPS) is 10.8. The van der Waals surface area contributed by atoms with Crippen LogP contribution < -0.4 is 5.32 Å². The maximum Gasteiger partial charge on any atom is 0.255 e. The molecule has 0 bridgehead atoms. The summed E-state index contributed by atoms with van der Waals surface area (Å²) in [5, 5.41) is 7.29. The van der Waals surface area contributed by atoms with Gasteiger partial charge in [-0.3, -0.25) is 4.79 Å². The first kappa shape index (κ1) is 21.3. The van der Waals surface area contributed by atoms with Crippen molar-refractivity contribution in [3.05, 3.63) is 94.4 Å². The third-order valence-corrected chi connectivity index (χ3v) is 5.33. The standard InChI is InChI=1S/C27H26N4O.H2/c1-18(2)14-21-9-11-24(15-20(21)4)30-27(32)23-8-7-19(3)22(16-23)10-12-25-17-28-26-6-5-13-29-31(25)26;/h5-9,11,13,15-18H,14H2,1-4H3,(H,30,32);1H. The van der Waals surface area contributed by atoms with E-state index in [2.05, 4.69) is 54.1 Å². The molecule has 0 radical (unpaired) electrons. The van der Waals surface area contributed by atoms with Crippen molar-refractivity contribution in [1.29, 1.82) is 0 Å². The van der Waals surface area contributed by atoms with Gasteiger partial charge in [0.05, 0.1) is 6.20 Å². The second-order valence-corrected chi connectivity index (χ2v) is 8.41. The summed E-state index contributed by atoms with van der Waals surface area (Å²) >= 11 is 0. The van der Waals surface area contributed by atoms with Crippen LogP contribution >= 0.6 is 0 Å². The highest BCUT2D eigenvalue weighted by Gasteiger charge is 2.10. The molecule has 2 aromatic carbocycles. The number of carbonyl (C=O) groups excluding carboxylic acids is 1. The predicted octanol–water partition coefficient (Wildman–Crippen LogP) is 5.44. The van der Waals surface area contributed by atoms with Crippen LogP contribution in [0.1, 0.15) is 53.6 Å². The Labute approximate surface area is 190 Å². The number of anilines is 1. The summed E-state index contributed by atoms with van der Waals surface area (Å²) in [5.74, 6) is 6.74. The molecule has 0 fully saturated rings. The summed E-state index contributed by atoms with van der Waals surface area (Å²) in [5.41, 5.74) is 7.12. The van der Waals surface area contributed by atoms with Crippen LogP contribution in [0.2, 0.25) is 0 Å². The van der Waals surface area contributed by atoms with Gasteiger partial charge < -0.3 is 5.32 Å². The summed E-state index contributed by atoms with van der Waals surface area (Å²) in [7, 11) is 0. The summed E-state index contributed by atoms with van der Waals surface area (Å²) in [6, 6.07) is 15.4. The molecule has 0 atom stereocenters. The molecule has 0 aliphatic rings. The molecule has 2 aromatic heterocycles. The molecule has 162 valence electrons. The Bertz CT molecular complexity index is 1360. The Morgan fingerprint density at radius 1 is 1.09 bits per heavy atom. The molecule has 4 aromatic rings. The van der Waals surface area contributed by atoms with E-state index in [0.717, 1.165) is 28.9 Å². The smallest absolute Gasteiger partial charge is 0.255 e. The maximum atomic E-state index is 12.9. The van der Waals surface area contributed by atoms with Gasteiger partial charge in [0.1, 0.15) is 5.69 Å². The minimum absolute atomic E-state index is 0. The summed E-state index contributed by atoms with van der Waals surface area (Å²) in [6.07, 6.45) is 4.43. The molecular weight excluding hydrogens is 396 g/mol. The van der Waals surface area contributed by atoms with Gasteiger partial charge in [-0.1, -0.05) is 31.9 Å². The molecule has 5 nitrogen and oxygen atoms in total. The first-order valence-corrected chi connectivity index (χ1v) is 10.7. The van der Waals surface area contributed by atoms with E-state index >= 15 is 0 Å². The highest BCUT2D eigenvalue weighted by molar-refractivity contribution is 6.04. The van der Waals surface area contributed by atoms with Gasteiger partial charge in [-0.05, 0) is 85.2 Å². The van der Waals surface area contributed by atoms with Gasteiger partial charge in [0, 0.05) is 24.4 Å². The topological polar surface area (TPSA) is 59.3 Å². The molecular formula is C27H28N4O. The van der Waals surface area contributed by atoms with Crippen LogP contribution in [-0.2, 0) is 6.42 Å². The number of nitrogens with one attached hydrogen (secondary N) is 1. The van der Waals surface area contributed by atoms with E-state index in [1.807, 2.05) is 49.4 Å². The minimum atomic E-state index is -0.152.